The molecule has 5 N–H and O–H groups in total. The van der Waals surface area contributed by atoms with E-state index in [0.29, 0.717) is 24.6 Å². The number of nitrogens with two attached hydrogens (primary N) is 1. The number of pyridine rings is 4. The number of unbranched alkanes of at least 4 members (excludes halogenated alkanes) is 8. The molecule has 8 aromatic rings. The fraction of sp³-hybridized carbons (Fsp3) is 0.348. The van der Waals surface area contributed by atoms with Gasteiger partial charge in [0.05, 0.1) is 6.61 Å². The van der Waals surface area contributed by atoms with Gasteiger partial charge >= 0.3 is 5.97 Å². The summed E-state index contributed by atoms with van der Waals surface area (Å²) in [6.07, 6.45) is 18.1. The van der Waals surface area contributed by atoms with E-state index in [0.717, 1.165) is 115 Å². The molecule has 8 aromatic heterocycles. The molecule has 0 bridgehead atoms. The molecule has 384 valence electrons. The molecule has 8 heterocycles. The minimum Gasteiger partial charge on any atom is -0.466 e. The molecule has 0 aliphatic carbocycles. The van der Waals surface area contributed by atoms with Crippen LogP contribution in [0.1, 0.15) is 85.4 Å². The fourth-order valence-electron chi connectivity index (χ4n) is 5.95. The first kappa shape index (κ1) is 58.0. The predicted molar refractivity (Wildman–Crippen MR) is 290 cm³/mol. The van der Waals surface area contributed by atoms with Crippen molar-refractivity contribution in [3.05, 3.63) is 124 Å². The third kappa shape index (κ3) is 25.5. The highest BCUT2D eigenvalue weighted by Crippen LogP contribution is 2.26. The summed E-state index contributed by atoms with van der Waals surface area (Å²) in [5.41, 5.74) is 13.5. The number of rotatable bonds is 23. The number of hydroxylamine groups is 1. The van der Waals surface area contributed by atoms with Crippen molar-refractivity contribution in [1.29, 1.82) is 0 Å². The van der Waals surface area contributed by atoms with E-state index in [1.54, 1.807) is 52.3 Å². The molecule has 0 unspecified atom stereocenters. The SMILES string of the molecule is Brc1ccccn1.CCOC(=O)CCCCCCCN(c1ccccn1)c1nncs1.Nc1nncs1.O=C(CCCCCCCN(c1ccccn1)c1nncs1)NO.[HH].c1ccc(Nc2nncs2)nc1. The van der Waals surface area contributed by atoms with Crippen molar-refractivity contribution in [1.82, 2.24) is 66.2 Å². The van der Waals surface area contributed by atoms with Crippen LogP contribution in [0.5, 0.6) is 0 Å². The highest BCUT2D eigenvalue weighted by molar-refractivity contribution is 9.10. The summed E-state index contributed by atoms with van der Waals surface area (Å²) in [5, 5.41) is 45.0. The van der Waals surface area contributed by atoms with E-state index in [4.69, 9.17) is 15.7 Å². The Morgan fingerprint density at radius 2 is 1.11 bits per heavy atom. The van der Waals surface area contributed by atoms with Crippen LogP contribution in [0.4, 0.5) is 38.0 Å². The standard InChI is InChI=1S/C17H24N4O2S.C15H21N5O2S.C7H6N4S.C5H4BrN.C2H3N3S.H2/c1-2-23-16(22)11-6-4-3-5-9-13-21(17-20-19-14-24-17)15-10-7-8-12-18-15;21-14(19-22)9-4-2-1-3-7-11-20(15-18-17-12-23-15)13-8-5-6-10-16-13;1-2-4-8-6(3-1)10-7-11-9-5-12-7;6-5-3-1-2-4-7-5;3-2-5-4-1-6-2;/h7-8,10,12,14H,2-6,9,11,13H2,1H3;5-6,8,10,12,22H,1-4,7,9,11H2,(H,19,21);1-5H,(H,8,10,11);1-4H;1H,(H2,3,5);1H. The van der Waals surface area contributed by atoms with Gasteiger partial charge in [0.15, 0.2) is 0 Å². The predicted octanol–water partition coefficient (Wildman–Crippen LogP) is 10.8. The molecule has 0 fully saturated rings. The lowest BCUT2D eigenvalue weighted by molar-refractivity contribution is -0.143. The van der Waals surface area contributed by atoms with Crippen LogP contribution in [0.2, 0.25) is 0 Å². The molecule has 0 saturated carbocycles. The maximum Gasteiger partial charge on any atom is 0.305 e. The van der Waals surface area contributed by atoms with E-state index in [9.17, 15) is 9.59 Å². The van der Waals surface area contributed by atoms with E-state index in [1.807, 2.05) is 79.7 Å². The molecule has 1 amide bonds. The number of hydrogen-bond donors (Lipinski definition) is 4. The molecule has 0 saturated heterocycles. The highest BCUT2D eigenvalue weighted by Gasteiger charge is 2.14. The number of nitrogens with zero attached hydrogens (tertiary/aromatic N) is 14. The first-order chi connectivity index (χ1) is 35.4. The molecule has 0 radical (unpaired) electrons. The summed E-state index contributed by atoms with van der Waals surface area (Å²) < 4.78 is 5.81. The smallest absolute Gasteiger partial charge is 0.305 e. The number of halogens is 1. The average molecular weight is 1120 g/mol. The number of nitrogen functional groups attached to an aromatic ring is 1. The van der Waals surface area contributed by atoms with Gasteiger partial charge in [-0.3, -0.25) is 14.8 Å². The maximum atomic E-state index is 11.3. The number of hydrogen-bond acceptors (Lipinski definition) is 24. The third-order valence-electron chi connectivity index (χ3n) is 9.25. The summed E-state index contributed by atoms with van der Waals surface area (Å²) in [4.78, 5) is 43.1. The summed E-state index contributed by atoms with van der Waals surface area (Å²) in [6.45, 7) is 4.00. The Morgan fingerprint density at radius 1 is 0.611 bits per heavy atom. The van der Waals surface area contributed by atoms with Crippen molar-refractivity contribution in [2.45, 2.75) is 84.0 Å². The van der Waals surface area contributed by atoms with E-state index in [1.165, 1.54) is 45.3 Å². The fourth-order valence-corrected chi connectivity index (χ4v) is 8.16. The van der Waals surface area contributed by atoms with Crippen LogP contribution in [-0.4, -0.2) is 97.5 Å². The van der Waals surface area contributed by atoms with Gasteiger partial charge in [-0.1, -0.05) is 108 Å². The Hall–Kier alpha value is -6.58. The van der Waals surface area contributed by atoms with Crippen molar-refractivity contribution < 1.29 is 21.0 Å². The number of amides is 1. The van der Waals surface area contributed by atoms with Gasteiger partial charge in [-0.15, -0.1) is 40.8 Å². The third-order valence-corrected chi connectivity index (χ3v) is 12.3. The highest BCUT2D eigenvalue weighted by atomic mass is 79.9. The second kappa shape index (κ2) is 37.2. The molecular formula is C46H60BrN17O4S4. The monoisotopic (exact) mass is 1120 g/mol. The van der Waals surface area contributed by atoms with Gasteiger partial charge in [0.2, 0.25) is 26.4 Å². The molecule has 0 atom stereocenters. The molecule has 26 heteroatoms. The van der Waals surface area contributed by atoms with Gasteiger partial charge in [0, 0.05) is 52.1 Å². The summed E-state index contributed by atoms with van der Waals surface area (Å²) in [5.74, 6) is 2.16. The van der Waals surface area contributed by atoms with Crippen LogP contribution < -0.4 is 26.3 Å². The lowest BCUT2D eigenvalue weighted by Gasteiger charge is -2.20. The zero-order valence-corrected chi connectivity index (χ0v) is 44.5. The Balaban J connectivity index is 0.000000262. The van der Waals surface area contributed by atoms with Gasteiger partial charge in [-0.05, 0) is 97.1 Å². The summed E-state index contributed by atoms with van der Waals surface area (Å²) in [6, 6.07) is 23.0. The second-order valence-corrected chi connectivity index (χ2v) is 18.6. The Bertz CT molecular complexity index is 2500. The van der Waals surface area contributed by atoms with Crippen LogP contribution in [-0.2, 0) is 14.3 Å². The van der Waals surface area contributed by atoms with Crippen molar-refractivity contribution >= 4 is 111 Å². The largest absolute Gasteiger partial charge is 0.466 e. The molecule has 0 aliphatic heterocycles. The lowest BCUT2D eigenvalue weighted by Crippen LogP contribution is -2.19. The number of anilines is 7. The average Bonchev–Trinajstić information content (AvgIpc) is 4.29. The normalized spacial score (nSPS) is 10.0. The van der Waals surface area contributed by atoms with Crippen LogP contribution >= 0.6 is 61.3 Å². The lowest BCUT2D eigenvalue weighted by atomic mass is 10.1. The Morgan fingerprint density at radius 3 is 1.51 bits per heavy atom. The van der Waals surface area contributed by atoms with Crippen molar-refractivity contribution in [2.75, 3.05) is 40.5 Å². The first-order valence-electron chi connectivity index (χ1n) is 22.9. The molecule has 72 heavy (non-hydrogen) atoms. The number of aromatic nitrogens is 12. The molecule has 0 spiro atoms. The van der Waals surface area contributed by atoms with Gasteiger partial charge in [-0.2, -0.15) is 0 Å². The minimum absolute atomic E-state index is 0. The van der Waals surface area contributed by atoms with E-state index in [2.05, 4.69) is 91.8 Å². The van der Waals surface area contributed by atoms with E-state index >= 15 is 0 Å². The molecule has 0 aliphatic rings. The number of ether oxygens (including phenoxy) is 1. The van der Waals surface area contributed by atoms with Crippen molar-refractivity contribution in [3.8, 4) is 0 Å². The van der Waals surface area contributed by atoms with Gasteiger partial charge in [0.25, 0.3) is 0 Å². The number of carbonyl (C=O) groups is 2. The zero-order valence-electron chi connectivity index (χ0n) is 39.7. The van der Waals surface area contributed by atoms with Crippen molar-refractivity contribution in [3.63, 3.8) is 0 Å². The Labute approximate surface area is 444 Å². The first-order valence-corrected chi connectivity index (χ1v) is 27.2. The van der Waals surface area contributed by atoms with Crippen molar-refractivity contribution in [2.24, 2.45) is 0 Å². The molecule has 21 nitrogen and oxygen atoms in total. The van der Waals surface area contributed by atoms with E-state index < -0.39 is 0 Å². The molecule has 0 aromatic carbocycles. The van der Waals surface area contributed by atoms with Crippen LogP contribution in [0.25, 0.3) is 0 Å². The summed E-state index contributed by atoms with van der Waals surface area (Å²) in [7, 11) is 0. The minimum atomic E-state index is -0.317. The molecule has 8 rings (SSSR count). The maximum absolute atomic E-state index is 11.3. The molecular weight excluding hydrogens is 1060 g/mol. The van der Waals surface area contributed by atoms with Gasteiger partial charge in [0.1, 0.15) is 44.1 Å². The number of carbonyl (C=O) groups excluding carboxylic acids is 2. The van der Waals surface area contributed by atoms with Gasteiger partial charge in [-0.25, -0.2) is 25.4 Å². The van der Waals surface area contributed by atoms with Crippen LogP contribution in [0, 0.1) is 0 Å². The van der Waals surface area contributed by atoms with Crippen LogP contribution in [0.3, 0.4) is 0 Å². The van der Waals surface area contributed by atoms with Gasteiger partial charge < -0.3 is 25.6 Å². The van der Waals surface area contributed by atoms with E-state index in [-0.39, 0.29) is 13.3 Å². The zero-order chi connectivity index (χ0) is 51.1. The number of nitrogens with one attached hydrogen (secondary N) is 2. The second-order valence-electron chi connectivity index (χ2n) is 14.5. The quantitative estimate of drug-likeness (QED) is 0.0152. The topological polar surface area (TPSA) is 275 Å². The summed E-state index contributed by atoms with van der Waals surface area (Å²) >= 11 is 8.99. The number of esters is 1. The Kier molecular flexibility index (Phi) is 30.0. The van der Waals surface area contributed by atoms with Crippen LogP contribution in [0.15, 0.2) is 124 Å².